The summed E-state index contributed by atoms with van der Waals surface area (Å²) in [4.78, 5) is 13.0. The largest absolute Gasteiger partial charge is 0.494 e. The molecular weight excluding hydrogens is 178 g/mol. The summed E-state index contributed by atoms with van der Waals surface area (Å²) in [7, 11) is 3.47. The van der Waals surface area contributed by atoms with Gasteiger partial charge in [0.15, 0.2) is 0 Å². The van der Waals surface area contributed by atoms with Crippen molar-refractivity contribution in [3.05, 3.63) is 29.8 Å². The van der Waals surface area contributed by atoms with Crippen molar-refractivity contribution < 1.29 is 9.53 Å². The minimum absolute atomic E-state index is 0.00745. The molecule has 3 nitrogen and oxygen atoms in total. The molecule has 0 saturated heterocycles. The van der Waals surface area contributed by atoms with E-state index in [-0.39, 0.29) is 5.91 Å². The number of nitrogens with zero attached hydrogens (tertiary/aromatic N) is 1. The van der Waals surface area contributed by atoms with E-state index in [2.05, 4.69) is 0 Å². The van der Waals surface area contributed by atoms with Gasteiger partial charge in [0.2, 0.25) is 0 Å². The van der Waals surface area contributed by atoms with Crippen LogP contribution in [0.4, 0.5) is 0 Å². The van der Waals surface area contributed by atoms with Crippen LogP contribution in [0.25, 0.3) is 0 Å². The van der Waals surface area contributed by atoms with Gasteiger partial charge >= 0.3 is 0 Å². The first-order chi connectivity index (χ1) is 6.65. The summed E-state index contributed by atoms with van der Waals surface area (Å²) < 4.78 is 5.28. The highest BCUT2D eigenvalue weighted by atomic mass is 16.5. The predicted octanol–water partition coefficient (Wildman–Crippen LogP) is 1.79. The van der Waals surface area contributed by atoms with Crippen molar-refractivity contribution in [3.8, 4) is 5.75 Å². The standard InChI is InChI=1S/C11H15NO2/c1-4-14-10-7-5-9(6-8-10)11(13)12(2)3/h5-8H,4H2,1-3H3. The number of amides is 1. The first-order valence-corrected chi connectivity index (χ1v) is 4.59. The lowest BCUT2D eigenvalue weighted by molar-refractivity contribution is 0.0827. The Morgan fingerprint density at radius 2 is 1.86 bits per heavy atom. The smallest absolute Gasteiger partial charge is 0.253 e. The van der Waals surface area contributed by atoms with E-state index in [0.717, 1.165) is 5.75 Å². The van der Waals surface area contributed by atoms with E-state index in [1.807, 2.05) is 6.92 Å². The Labute approximate surface area is 84.3 Å². The number of hydrogen-bond acceptors (Lipinski definition) is 2. The molecule has 1 rings (SSSR count). The molecular formula is C11H15NO2. The molecule has 0 N–H and O–H groups in total. The number of rotatable bonds is 3. The summed E-state index contributed by atoms with van der Waals surface area (Å²) in [5, 5.41) is 0. The number of ether oxygens (including phenoxy) is 1. The normalized spacial score (nSPS) is 9.64. The fraction of sp³-hybridized carbons (Fsp3) is 0.364. The summed E-state index contributed by atoms with van der Waals surface area (Å²) >= 11 is 0. The molecule has 0 aliphatic rings. The number of hydrogen-bond donors (Lipinski definition) is 0. The minimum atomic E-state index is 0.00745. The molecule has 0 unspecified atom stereocenters. The second-order valence-corrected chi connectivity index (χ2v) is 3.16. The van der Waals surface area contributed by atoms with E-state index in [4.69, 9.17) is 4.74 Å². The topological polar surface area (TPSA) is 29.5 Å². The third-order valence-electron chi connectivity index (χ3n) is 1.82. The maximum Gasteiger partial charge on any atom is 0.253 e. The van der Waals surface area contributed by atoms with Gasteiger partial charge in [0.25, 0.3) is 5.91 Å². The summed E-state index contributed by atoms with van der Waals surface area (Å²) in [5.74, 6) is 0.802. The van der Waals surface area contributed by atoms with Crippen LogP contribution in [0.3, 0.4) is 0 Å². The molecule has 0 radical (unpaired) electrons. The van der Waals surface area contributed by atoms with Gasteiger partial charge in [0, 0.05) is 19.7 Å². The van der Waals surface area contributed by atoms with Crippen molar-refractivity contribution in [2.24, 2.45) is 0 Å². The van der Waals surface area contributed by atoms with Crippen LogP contribution < -0.4 is 4.74 Å². The predicted molar refractivity (Wildman–Crippen MR) is 55.6 cm³/mol. The maximum absolute atomic E-state index is 11.5. The number of carbonyl (C=O) groups is 1. The lowest BCUT2D eigenvalue weighted by Gasteiger charge is -2.10. The van der Waals surface area contributed by atoms with Gasteiger partial charge in [-0.1, -0.05) is 0 Å². The van der Waals surface area contributed by atoms with Gasteiger partial charge in [-0.05, 0) is 31.2 Å². The molecule has 0 heterocycles. The number of benzene rings is 1. The van der Waals surface area contributed by atoms with Crippen LogP contribution in [-0.4, -0.2) is 31.5 Å². The zero-order valence-corrected chi connectivity index (χ0v) is 8.78. The Balaban J connectivity index is 2.78. The van der Waals surface area contributed by atoms with Crippen LogP contribution in [0.2, 0.25) is 0 Å². The molecule has 0 saturated carbocycles. The average Bonchev–Trinajstić information content (AvgIpc) is 2.18. The van der Waals surface area contributed by atoms with Crippen LogP contribution in [0.1, 0.15) is 17.3 Å². The van der Waals surface area contributed by atoms with Gasteiger partial charge in [-0.25, -0.2) is 0 Å². The van der Waals surface area contributed by atoms with Gasteiger partial charge in [0.1, 0.15) is 5.75 Å². The fourth-order valence-corrected chi connectivity index (χ4v) is 1.12. The molecule has 0 aliphatic carbocycles. The highest BCUT2D eigenvalue weighted by molar-refractivity contribution is 5.93. The van der Waals surface area contributed by atoms with E-state index in [1.165, 1.54) is 0 Å². The summed E-state index contributed by atoms with van der Waals surface area (Å²) in [6.07, 6.45) is 0. The maximum atomic E-state index is 11.5. The van der Waals surface area contributed by atoms with Crippen molar-refractivity contribution in [1.29, 1.82) is 0 Å². The van der Waals surface area contributed by atoms with Crippen molar-refractivity contribution in [1.82, 2.24) is 4.90 Å². The van der Waals surface area contributed by atoms with Crippen molar-refractivity contribution in [2.75, 3.05) is 20.7 Å². The van der Waals surface area contributed by atoms with E-state index < -0.39 is 0 Å². The van der Waals surface area contributed by atoms with E-state index in [9.17, 15) is 4.79 Å². The summed E-state index contributed by atoms with van der Waals surface area (Å²) in [6, 6.07) is 7.15. The molecule has 0 atom stereocenters. The monoisotopic (exact) mass is 193 g/mol. The molecule has 0 bridgehead atoms. The van der Waals surface area contributed by atoms with E-state index in [0.29, 0.717) is 12.2 Å². The van der Waals surface area contributed by atoms with Crippen LogP contribution in [0, 0.1) is 0 Å². The Morgan fingerprint density at radius 1 is 1.29 bits per heavy atom. The summed E-state index contributed by atoms with van der Waals surface area (Å²) in [6.45, 7) is 2.57. The Bertz CT molecular complexity index is 304. The second kappa shape index (κ2) is 4.65. The first-order valence-electron chi connectivity index (χ1n) is 4.59. The Kier molecular flexibility index (Phi) is 3.51. The molecule has 14 heavy (non-hydrogen) atoms. The number of carbonyl (C=O) groups excluding carboxylic acids is 1. The van der Waals surface area contributed by atoms with Gasteiger partial charge in [-0.2, -0.15) is 0 Å². The third kappa shape index (κ3) is 2.49. The molecule has 0 fully saturated rings. The first kappa shape index (κ1) is 10.6. The van der Waals surface area contributed by atoms with E-state index >= 15 is 0 Å². The zero-order valence-electron chi connectivity index (χ0n) is 8.78. The highest BCUT2D eigenvalue weighted by Gasteiger charge is 2.06. The molecule has 1 aromatic rings. The third-order valence-corrected chi connectivity index (χ3v) is 1.82. The molecule has 3 heteroatoms. The average molecular weight is 193 g/mol. The second-order valence-electron chi connectivity index (χ2n) is 3.16. The van der Waals surface area contributed by atoms with Gasteiger partial charge in [-0.15, -0.1) is 0 Å². The van der Waals surface area contributed by atoms with Crippen molar-refractivity contribution in [3.63, 3.8) is 0 Å². The van der Waals surface area contributed by atoms with Crippen LogP contribution in [0.5, 0.6) is 5.75 Å². The molecule has 0 spiro atoms. The Hall–Kier alpha value is -1.51. The molecule has 1 amide bonds. The zero-order chi connectivity index (χ0) is 10.6. The lowest BCUT2D eigenvalue weighted by Crippen LogP contribution is -2.21. The van der Waals surface area contributed by atoms with E-state index in [1.54, 1.807) is 43.3 Å². The highest BCUT2D eigenvalue weighted by Crippen LogP contribution is 2.12. The molecule has 0 aliphatic heterocycles. The van der Waals surface area contributed by atoms with Gasteiger partial charge in [-0.3, -0.25) is 4.79 Å². The quantitative estimate of drug-likeness (QED) is 0.732. The Morgan fingerprint density at radius 3 is 2.29 bits per heavy atom. The van der Waals surface area contributed by atoms with Crippen LogP contribution in [-0.2, 0) is 0 Å². The SMILES string of the molecule is CCOc1ccc(C(=O)N(C)C)cc1. The van der Waals surface area contributed by atoms with Crippen LogP contribution >= 0.6 is 0 Å². The molecule has 1 aromatic carbocycles. The molecule has 0 aromatic heterocycles. The van der Waals surface area contributed by atoms with Crippen LogP contribution in [0.15, 0.2) is 24.3 Å². The van der Waals surface area contributed by atoms with Gasteiger partial charge in [0.05, 0.1) is 6.61 Å². The van der Waals surface area contributed by atoms with Crippen molar-refractivity contribution in [2.45, 2.75) is 6.92 Å². The van der Waals surface area contributed by atoms with Gasteiger partial charge < -0.3 is 9.64 Å². The fourth-order valence-electron chi connectivity index (χ4n) is 1.12. The minimum Gasteiger partial charge on any atom is -0.494 e. The van der Waals surface area contributed by atoms with Crippen molar-refractivity contribution >= 4 is 5.91 Å². The molecule has 76 valence electrons. The summed E-state index contributed by atoms with van der Waals surface area (Å²) in [5.41, 5.74) is 0.679. The lowest BCUT2D eigenvalue weighted by atomic mass is 10.2.